The van der Waals surface area contributed by atoms with E-state index in [1.807, 2.05) is 0 Å². The lowest BCUT2D eigenvalue weighted by atomic mass is 10.1. The Balaban J connectivity index is 1.79. The number of methoxy groups -OCH3 is 1. The Morgan fingerprint density at radius 2 is 1.72 bits per heavy atom. The average molecular weight is 418 g/mol. The van der Waals surface area contributed by atoms with Crippen LogP contribution in [-0.4, -0.2) is 44.8 Å². The van der Waals surface area contributed by atoms with Gasteiger partial charge in [-0.05, 0) is 48.7 Å². The molecular weight excluding hydrogens is 396 g/mol. The average Bonchev–Trinajstić information content (AvgIpc) is 3.27. The number of carbonyl (C=O) groups excluding carboxylic acids is 2. The molecule has 1 heterocycles. The van der Waals surface area contributed by atoms with Crippen molar-refractivity contribution < 1.29 is 27.5 Å². The minimum absolute atomic E-state index is 0.00328. The number of rotatable bonds is 7. The summed E-state index contributed by atoms with van der Waals surface area (Å²) < 4.78 is 37.1. The highest BCUT2D eigenvalue weighted by Gasteiger charge is 2.28. The summed E-state index contributed by atoms with van der Waals surface area (Å²) in [6.07, 6.45) is 1.63. The molecule has 1 amide bonds. The Hall–Kier alpha value is -2.91. The minimum atomic E-state index is -3.67. The lowest BCUT2D eigenvalue weighted by Crippen LogP contribution is -2.28. The maximum atomic E-state index is 12.7. The van der Waals surface area contributed by atoms with Gasteiger partial charge in [-0.2, -0.15) is 4.31 Å². The van der Waals surface area contributed by atoms with Crippen molar-refractivity contribution in [2.45, 2.75) is 24.3 Å². The second-order valence-electron chi connectivity index (χ2n) is 6.61. The zero-order chi connectivity index (χ0) is 21.0. The normalized spacial score (nSPS) is 14.5. The molecule has 0 unspecified atom stereocenters. The highest BCUT2D eigenvalue weighted by molar-refractivity contribution is 7.89. The van der Waals surface area contributed by atoms with Crippen LogP contribution < -0.4 is 10.5 Å². The molecule has 0 bridgehead atoms. The smallest absolute Gasteiger partial charge is 0.337 e. The van der Waals surface area contributed by atoms with Crippen LogP contribution in [-0.2, 0) is 21.4 Å². The van der Waals surface area contributed by atoms with Crippen LogP contribution >= 0.6 is 0 Å². The van der Waals surface area contributed by atoms with E-state index in [-0.39, 0.29) is 22.8 Å². The van der Waals surface area contributed by atoms with Crippen molar-refractivity contribution in [1.29, 1.82) is 0 Å². The van der Waals surface area contributed by atoms with E-state index >= 15 is 0 Å². The van der Waals surface area contributed by atoms with Crippen molar-refractivity contribution in [3.8, 4) is 5.75 Å². The second kappa shape index (κ2) is 8.62. The lowest BCUT2D eigenvalue weighted by molar-refractivity contribution is 0.0600. The Morgan fingerprint density at radius 1 is 1.07 bits per heavy atom. The van der Waals surface area contributed by atoms with Crippen LogP contribution in [0, 0.1) is 0 Å². The van der Waals surface area contributed by atoms with Gasteiger partial charge in [0.25, 0.3) is 5.91 Å². The monoisotopic (exact) mass is 418 g/mol. The van der Waals surface area contributed by atoms with Crippen LogP contribution in [0.5, 0.6) is 5.75 Å². The number of nitrogens with two attached hydrogens (primary N) is 1. The molecule has 9 heteroatoms. The number of ether oxygens (including phenoxy) is 2. The Kier molecular flexibility index (Phi) is 6.19. The first kappa shape index (κ1) is 20.8. The van der Waals surface area contributed by atoms with Gasteiger partial charge >= 0.3 is 5.97 Å². The summed E-state index contributed by atoms with van der Waals surface area (Å²) in [5.74, 6) is -1.03. The molecule has 1 aliphatic heterocycles. The third-order valence-corrected chi connectivity index (χ3v) is 6.58. The molecule has 1 fully saturated rings. The van der Waals surface area contributed by atoms with Crippen LogP contribution in [0.1, 0.15) is 39.1 Å². The minimum Gasteiger partial charge on any atom is -0.488 e. The van der Waals surface area contributed by atoms with E-state index in [0.717, 1.165) is 18.4 Å². The van der Waals surface area contributed by atoms with Crippen molar-refractivity contribution in [3.05, 3.63) is 59.2 Å². The quantitative estimate of drug-likeness (QED) is 0.687. The van der Waals surface area contributed by atoms with Crippen molar-refractivity contribution in [3.63, 3.8) is 0 Å². The highest BCUT2D eigenvalue weighted by atomic mass is 32.2. The molecular formula is C20H22N2O6S. The van der Waals surface area contributed by atoms with Gasteiger partial charge in [0.15, 0.2) is 0 Å². The topological polar surface area (TPSA) is 116 Å². The van der Waals surface area contributed by atoms with E-state index in [0.29, 0.717) is 18.7 Å². The summed E-state index contributed by atoms with van der Waals surface area (Å²) in [6, 6.07) is 10.7. The van der Waals surface area contributed by atoms with Crippen LogP contribution in [0.15, 0.2) is 47.4 Å². The summed E-state index contributed by atoms with van der Waals surface area (Å²) in [7, 11) is -2.36. The lowest BCUT2D eigenvalue weighted by Gasteiger charge is -2.17. The van der Waals surface area contributed by atoms with Gasteiger partial charge in [-0.3, -0.25) is 4.79 Å². The van der Waals surface area contributed by atoms with Gasteiger partial charge in [-0.15, -0.1) is 0 Å². The Bertz CT molecular complexity index is 1010. The molecule has 0 aromatic heterocycles. The van der Waals surface area contributed by atoms with Crippen LogP contribution in [0.25, 0.3) is 0 Å². The standard InChI is InChI=1S/C20H22N2O6S/c1-27-20(24)15-6-4-14(5-7-15)13-28-18-9-8-16(12-17(18)19(21)23)29(25,26)22-10-2-3-11-22/h4-9,12H,2-3,10-11,13H2,1H3,(H2,21,23). The summed E-state index contributed by atoms with van der Waals surface area (Å²) >= 11 is 0. The van der Waals surface area contributed by atoms with Crippen LogP contribution in [0.4, 0.5) is 0 Å². The zero-order valence-electron chi connectivity index (χ0n) is 16.0. The third-order valence-electron chi connectivity index (χ3n) is 4.69. The molecule has 29 heavy (non-hydrogen) atoms. The molecule has 154 valence electrons. The Labute approximate surface area is 169 Å². The van der Waals surface area contributed by atoms with Crippen LogP contribution in [0.3, 0.4) is 0 Å². The van der Waals surface area contributed by atoms with Crippen LogP contribution in [0.2, 0.25) is 0 Å². The number of hydrogen-bond donors (Lipinski definition) is 1. The molecule has 1 aliphatic rings. The Morgan fingerprint density at radius 3 is 2.31 bits per heavy atom. The van der Waals surface area contributed by atoms with E-state index in [1.165, 1.54) is 29.6 Å². The summed E-state index contributed by atoms with van der Waals surface area (Å²) in [4.78, 5) is 23.4. The third kappa shape index (κ3) is 4.57. The van der Waals surface area contributed by atoms with E-state index in [9.17, 15) is 18.0 Å². The zero-order valence-corrected chi connectivity index (χ0v) is 16.8. The predicted molar refractivity (Wildman–Crippen MR) is 105 cm³/mol. The fraction of sp³-hybridized carbons (Fsp3) is 0.300. The highest BCUT2D eigenvalue weighted by Crippen LogP contribution is 2.27. The summed E-state index contributed by atoms with van der Waals surface area (Å²) in [5, 5.41) is 0. The number of benzene rings is 2. The molecule has 3 rings (SSSR count). The van der Waals surface area contributed by atoms with E-state index < -0.39 is 21.9 Å². The predicted octanol–water partition coefficient (Wildman–Crippen LogP) is 1.94. The van der Waals surface area contributed by atoms with Crippen molar-refractivity contribution >= 4 is 21.9 Å². The number of sulfonamides is 1. The fourth-order valence-corrected chi connectivity index (χ4v) is 4.63. The van der Waals surface area contributed by atoms with Crippen molar-refractivity contribution in [1.82, 2.24) is 4.31 Å². The molecule has 2 aromatic carbocycles. The second-order valence-corrected chi connectivity index (χ2v) is 8.55. The number of carbonyl (C=O) groups is 2. The molecule has 2 N–H and O–H groups in total. The van der Waals surface area contributed by atoms with E-state index in [4.69, 9.17) is 10.5 Å². The number of hydrogen-bond acceptors (Lipinski definition) is 6. The first-order valence-corrected chi connectivity index (χ1v) is 10.5. The van der Waals surface area contributed by atoms with E-state index in [1.54, 1.807) is 24.3 Å². The molecule has 0 radical (unpaired) electrons. The van der Waals surface area contributed by atoms with Gasteiger partial charge < -0.3 is 15.2 Å². The molecule has 8 nitrogen and oxygen atoms in total. The van der Waals surface area contributed by atoms with Gasteiger partial charge in [-0.25, -0.2) is 13.2 Å². The SMILES string of the molecule is COC(=O)c1ccc(COc2ccc(S(=O)(=O)N3CCCC3)cc2C(N)=O)cc1. The van der Waals surface area contributed by atoms with Gasteiger partial charge in [-0.1, -0.05) is 12.1 Å². The van der Waals surface area contributed by atoms with Gasteiger partial charge in [0, 0.05) is 13.1 Å². The molecule has 0 saturated carbocycles. The number of amides is 1. The van der Waals surface area contributed by atoms with Crippen molar-refractivity contribution in [2.75, 3.05) is 20.2 Å². The molecule has 0 atom stereocenters. The molecule has 1 saturated heterocycles. The fourth-order valence-electron chi connectivity index (χ4n) is 3.08. The number of esters is 1. The summed E-state index contributed by atoms with van der Waals surface area (Å²) in [5.41, 5.74) is 6.60. The molecule has 0 aliphatic carbocycles. The van der Waals surface area contributed by atoms with E-state index in [2.05, 4.69) is 4.74 Å². The first-order valence-electron chi connectivity index (χ1n) is 9.07. The van der Waals surface area contributed by atoms with Gasteiger partial charge in [0.05, 0.1) is 23.1 Å². The molecule has 0 spiro atoms. The maximum absolute atomic E-state index is 12.7. The van der Waals surface area contributed by atoms with Gasteiger partial charge in [0.2, 0.25) is 10.0 Å². The van der Waals surface area contributed by atoms with Gasteiger partial charge in [0.1, 0.15) is 12.4 Å². The molecule has 2 aromatic rings. The number of nitrogens with zero attached hydrogens (tertiary/aromatic N) is 1. The maximum Gasteiger partial charge on any atom is 0.337 e. The number of primary amides is 1. The summed E-state index contributed by atoms with van der Waals surface area (Å²) in [6.45, 7) is 1.04. The largest absolute Gasteiger partial charge is 0.488 e. The van der Waals surface area contributed by atoms with Crippen molar-refractivity contribution in [2.24, 2.45) is 5.73 Å². The first-order chi connectivity index (χ1) is 13.8.